The molecule has 1 aliphatic heterocycles. The molecule has 2 aromatic heterocycles. The summed E-state index contributed by atoms with van der Waals surface area (Å²) in [6.07, 6.45) is 5.94. The minimum absolute atomic E-state index is 0.0553. The van der Waals surface area contributed by atoms with Crippen LogP contribution in [0.5, 0.6) is 0 Å². The molecule has 0 radical (unpaired) electrons. The van der Waals surface area contributed by atoms with E-state index in [-0.39, 0.29) is 12.3 Å². The third kappa shape index (κ3) is 5.91. The Morgan fingerprint density at radius 1 is 1.13 bits per heavy atom. The number of aromatic nitrogens is 2. The van der Waals surface area contributed by atoms with Crippen LogP contribution in [0.15, 0.2) is 41.8 Å². The van der Waals surface area contributed by atoms with Crippen molar-refractivity contribution in [1.82, 2.24) is 9.97 Å². The molecule has 3 aromatic rings. The van der Waals surface area contributed by atoms with Crippen molar-refractivity contribution in [2.24, 2.45) is 0 Å². The highest BCUT2D eigenvalue weighted by atomic mass is 32.1. The second-order valence-electron chi connectivity index (χ2n) is 8.34. The van der Waals surface area contributed by atoms with E-state index in [0.717, 1.165) is 60.0 Å². The maximum Gasteiger partial charge on any atom is 0.303 e. The predicted molar refractivity (Wildman–Crippen MR) is 125 cm³/mol. The molecule has 0 spiro atoms. The second kappa shape index (κ2) is 10.1. The van der Waals surface area contributed by atoms with Crippen molar-refractivity contribution in [3.8, 4) is 0 Å². The number of hydrogen-bond acceptors (Lipinski definition) is 5. The number of carbonyl (C=O) groups is 1. The Morgan fingerprint density at radius 2 is 1.97 bits per heavy atom. The topological polar surface area (TPSA) is 75.1 Å². The van der Waals surface area contributed by atoms with Gasteiger partial charge in [-0.05, 0) is 68.6 Å². The normalized spacial score (nSPS) is 14.0. The van der Waals surface area contributed by atoms with Crippen molar-refractivity contribution in [1.29, 1.82) is 0 Å². The molecule has 6 heteroatoms. The lowest BCUT2D eigenvalue weighted by molar-refractivity contribution is -0.137. The lowest BCUT2D eigenvalue weighted by Crippen LogP contribution is -2.14. The number of hydrogen-bond donors (Lipinski definition) is 2. The third-order valence-corrected chi connectivity index (χ3v) is 6.76. The zero-order chi connectivity index (χ0) is 21.6. The van der Waals surface area contributed by atoms with E-state index in [1.54, 1.807) is 11.3 Å². The number of carboxylic acids is 1. The smallest absolute Gasteiger partial charge is 0.303 e. The molecule has 162 valence electrons. The maximum atomic E-state index is 11.4. The van der Waals surface area contributed by atoms with Crippen LogP contribution in [0.2, 0.25) is 0 Å². The summed E-state index contributed by atoms with van der Waals surface area (Å²) in [5.41, 5.74) is 5.69. The SMILES string of the molecule is Cc1ccc(C(CC(=O)O)Cc2csc(CCCc3ccc4c(n3)NCCC4)n2)cc1. The zero-order valence-electron chi connectivity index (χ0n) is 17.9. The molecular weight excluding hydrogens is 406 g/mol. The number of rotatable bonds is 9. The van der Waals surface area contributed by atoms with Crippen molar-refractivity contribution in [3.05, 3.63) is 74.9 Å². The number of pyridine rings is 1. The largest absolute Gasteiger partial charge is 0.481 e. The van der Waals surface area contributed by atoms with Gasteiger partial charge in [-0.3, -0.25) is 4.79 Å². The molecule has 4 rings (SSSR count). The average molecular weight is 436 g/mol. The summed E-state index contributed by atoms with van der Waals surface area (Å²) in [7, 11) is 0. The van der Waals surface area contributed by atoms with Crippen LogP contribution in [0, 0.1) is 6.92 Å². The van der Waals surface area contributed by atoms with Crippen LogP contribution in [0.25, 0.3) is 0 Å². The van der Waals surface area contributed by atoms with Gasteiger partial charge in [-0.1, -0.05) is 35.9 Å². The molecule has 5 nitrogen and oxygen atoms in total. The number of fused-ring (bicyclic) bond motifs is 1. The molecular formula is C25H29N3O2S. The van der Waals surface area contributed by atoms with E-state index in [0.29, 0.717) is 6.42 Å². The standard InChI is InChI=1S/C25H29N3O2S/c1-17-7-9-18(10-8-17)20(15-24(29)30)14-22-16-31-23(27-22)6-2-5-21-12-11-19-4-3-13-26-25(19)28-21/h7-12,16,20H,2-6,13-15H2,1H3,(H,26,28)(H,29,30). The Kier molecular flexibility index (Phi) is 6.97. The highest BCUT2D eigenvalue weighted by Gasteiger charge is 2.18. The fraction of sp³-hybridized carbons (Fsp3) is 0.400. The minimum atomic E-state index is -0.770. The molecule has 2 N–H and O–H groups in total. The van der Waals surface area contributed by atoms with Gasteiger partial charge in [0, 0.05) is 17.6 Å². The molecule has 0 saturated carbocycles. The molecule has 0 saturated heterocycles. The van der Waals surface area contributed by atoms with Crippen LogP contribution < -0.4 is 5.32 Å². The van der Waals surface area contributed by atoms with Gasteiger partial charge < -0.3 is 10.4 Å². The molecule has 1 aromatic carbocycles. The quantitative estimate of drug-likeness (QED) is 0.484. The van der Waals surface area contributed by atoms with Gasteiger partial charge in [-0.25, -0.2) is 9.97 Å². The van der Waals surface area contributed by atoms with Gasteiger partial charge >= 0.3 is 5.97 Å². The van der Waals surface area contributed by atoms with Gasteiger partial charge in [0.15, 0.2) is 0 Å². The van der Waals surface area contributed by atoms with Gasteiger partial charge in [0.1, 0.15) is 5.82 Å². The van der Waals surface area contributed by atoms with Crippen LogP contribution in [-0.2, 0) is 30.5 Å². The van der Waals surface area contributed by atoms with Gasteiger partial charge in [-0.15, -0.1) is 11.3 Å². The van der Waals surface area contributed by atoms with Crippen molar-refractivity contribution < 1.29 is 9.90 Å². The summed E-state index contributed by atoms with van der Waals surface area (Å²) in [6.45, 7) is 3.05. The first-order valence-electron chi connectivity index (χ1n) is 11.0. The first-order chi connectivity index (χ1) is 15.1. The second-order valence-corrected chi connectivity index (χ2v) is 9.28. The number of aliphatic carboxylic acids is 1. The van der Waals surface area contributed by atoms with Gasteiger partial charge in [0.2, 0.25) is 0 Å². The first kappa shape index (κ1) is 21.5. The summed E-state index contributed by atoms with van der Waals surface area (Å²) in [4.78, 5) is 21.0. The van der Waals surface area contributed by atoms with E-state index in [2.05, 4.69) is 22.8 Å². The lowest BCUT2D eigenvalue weighted by atomic mass is 9.91. The average Bonchev–Trinajstić information content (AvgIpc) is 3.20. The minimum Gasteiger partial charge on any atom is -0.481 e. The Morgan fingerprint density at radius 3 is 2.77 bits per heavy atom. The molecule has 0 amide bonds. The molecule has 0 bridgehead atoms. The van der Waals surface area contributed by atoms with E-state index in [4.69, 9.17) is 9.97 Å². The third-order valence-electron chi connectivity index (χ3n) is 5.80. The Bertz CT molecular complexity index is 1030. The van der Waals surface area contributed by atoms with Crippen LogP contribution in [0.4, 0.5) is 5.82 Å². The molecule has 0 fully saturated rings. The van der Waals surface area contributed by atoms with Crippen molar-refractivity contribution in [2.45, 2.75) is 57.8 Å². The molecule has 3 heterocycles. The van der Waals surface area contributed by atoms with Crippen LogP contribution in [0.1, 0.15) is 58.3 Å². The summed E-state index contributed by atoms with van der Waals surface area (Å²) in [5.74, 6) is 0.231. The van der Waals surface area contributed by atoms with E-state index in [9.17, 15) is 9.90 Å². The molecule has 0 aliphatic carbocycles. The monoisotopic (exact) mass is 435 g/mol. The van der Waals surface area contributed by atoms with Crippen molar-refractivity contribution in [3.63, 3.8) is 0 Å². The predicted octanol–water partition coefficient (Wildman–Crippen LogP) is 5.18. The number of nitrogens with one attached hydrogen (secondary N) is 1. The Labute approximate surface area is 187 Å². The summed E-state index contributed by atoms with van der Waals surface area (Å²) >= 11 is 1.67. The fourth-order valence-corrected chi connectivity index (χ4v) is 4.95. The highest BCUT2D eigenvalue weighted by molar-refractivity contribution is 7.09. The number of aryl methyl sites for hydroxylation is 4. The number of thiazole rings is 1. The summed E-state index contributed by atoms with van der Waals surface area (Å²) < 4.78 is 0. The molecule has 1 aliphatic rings. The molecule has 1 unspecified atom stereocenters. The zero-order valence-corrected chi connectivity index (χ0v) is 18.8. The maximum absolute atomic E-state index is 11.4. The molecule has 31 heavy (non-hydrogen) atoms. The van der Waals surface area contributed by atoms with Crippen molar-refractivity contribution >= 4 is 23.1 Å². The number of carboxylic acid groups (broad SMARTS) is 1. The van der Waals surface area contributed by atoms with Gasteiger partial charge in [0.25, 0.3) is 0 Å². The van der Waals surface area contributed by atoms with E-state index < -0.39 is 5.97 Å². The van der Waals surface area contributed by atoms with Crippen molar-refractivity contribution in [2.75, 3.05) is 11.9 Å². The van der Waals surface area contributed by atoms with Gasteiger partial charge in [-0.2, -0.15) is 0 Å². The van der Waals surface area contributed by atoms with E-state index >= 15 is 0 Å². The lowest BCUT2D eigenvalue weighted by Gasteiger charge is -2.17. The summed E-state index contributed by atoms with van der Waals surface area (Å²) in [5, 5.41) is 16.0. The van der Waals surface area contributed by atoms with Gasteiger partial charge in [0.05, 0.1) is 17.1 Å². The fourth-order valence-electron chi connectivity index (χ4n) is 4.10. The van der Waals surface area contributed by atoms with E-state index in [1.165, 1.54) is 17.5 Å². The number of anilines is 1. The highest BCUT2D eigenvalue weighted by Crippen LogP contribution is 2.26. The first-order valence-corrected chi connectivity index (χ1v) is 11.9. The van der Waals surface area contributed by atoms with Crippen LogP contribution >= 0.6 is 11.3 Å². The van der Waals surface area contributed by atoms with E-state index in [1.807, 2.05) is 31.2 Å². The number of benzene rings is 1. The Balaban J connectivity index is 1.33. The van der Waals surface area contributed by atoms with Crippen LogP contribution in [0.3, 0.4) is 0 Å². The molecule has 1 atom stereocenters. The van der Waals surface area contributed by atoms with Crippen LogP contribution in [-0.4, -0.2) is 27.6 Å². The number of nitrogens with zero attached hydrogens (tertiary/aromatic N) is 2. The summed E-state index contributed by atoms with van der Waals surface area (Å²) in [6, 6.07) is 12.5. The Hall–Kier alpha value is -2.73.